The lowest BCUT2D eigenvalue weighted by molar-refractivity contribution is -0.140. The fraction of sp³-hybridized carbons (Fsp3) is 0.476. The fourth-order valence-electron chi connectivity index (χ4n) is 3.85. The monoisotopic (exact) mass is 449 g/mol. The van der Waals surface area contributed by atoms with Crippen LogP contribution in [0.15, 0.2) is 35.2 Å². The molecule has 31 heavy (non-hydrogen) atoms. The van der Waals surface area contributed by atoms with Gasteiger partial charge in [0.1, 0.15) is 5.75 Å². The van der Waals surface area contributed by atoms with E-state index in [-0.39, 0.29) is 53.2 Å². The van der Waals surface area contributed by atoms with Crippen LogP contribution in [0.3, 0.4) is 0 Å². The van der Waals surface area contributed by atoms with Crippen LogP contribution < -0.4 is 14.8 Å². The molecule has 0 spiro atoms. The second-order valence-electron chi connectivity index (χ2n) is 7.92. The van der Waals surface area contributed by atoms with Crippen molar-refractivity contribution < 1.29 is 27.5 Å². The van der Waals surface area contributed by atoms with E-state index in [0.29, 0.717) is 18.6 Å². The quantitative estimate of drug-likeness (QED) is 0.460. The van der Waals surface area contributed by atoms with Crippen molar-refractivity contribution in [2.75, 3.05) is 19.0 Å². The molecule has 0 aromatic heterocycles. The number of allylic oxidation sites excluding steroid dienone is 2. The van der Waals surface area contributed by atoms with Crippen LogP contribution >= 0.6 is 0 Å². The molecule has 2 N–H and O–H groups in total. The smallest absolute Gasteiger partial charge is 0.240 e. The number of anilines is 1. The molecule has 1 aromatic rings. The molecular weight excluding hydrogens is 422 g/mol. The van der Waals surface area contributed by atoms with Crippen molar-refractivity contribution in [1.29, 1.82) is 0 Å². The summed E-state index contributed by atoms with van der Waals surface area (Å²) in [5.74, 6) is -1.32. The summed E-state index contributed by atoms with van der Waals surface area (Å²) in [5.41, 5.74) is 0.191. The largest absolute Gasteiger partial charge is 0.495 e. The molecule has 1 aliphatic heterocycles. The van der Waals surface area contributed by atoms with Crippen molar-refractivity contribution in [2.45, 2.75) is 44.0 Å². The molecule has 9 nitrogen and oxygen atoms in total. The van der Waals surface area contributed by atoms with Crippen molar-refractivity contribution >= 4 is 33.4 Å². The summed E-state index contributed by atoms with van der Waals surface area (Å²) in [7, 11) is -2.35. The standard InChI is InChI=1S/C21H27N3O6S/c1-13(2)23-31(28,29)14-8-9-18(30-3)17(12-14)22-19(25)10-11-24-20(26)15-6-4-5-7-16(15)21(24)27/h4-5,8-9,12-13,15-16,23H,6-7,10-11H2,1-3H3,(H,22,25)/t15-,16+. The Labute approximate surface area is 181 Å². The van der Waals surface area contributed by atoms with E-state index in [4.69, 9.17) is 4.74 Å². The average Bonchev–Trinajstić information content (AvgIpc) is 2.96. The van der Waals surface area contributed by atoms with Gasteiger partial charge in [-0.1, -0.05) is 12.2 Å². The lowest BCUT2D eigenvalue weighted by Gasteiger charge is -2.16. The minimum absolute atomic E-state index is 0.0150. The zero-order valence-corrected chi connectivity index (χ0v) is 18.6. The van der Waals surface area contributed by atoms with E-state index in [9.17, 15) is 22.8 Å². The molecule has 2 atom stereocenters. The number of nitrogens with zero attached hydrogens (tertiary/aromatic N) is 1. The third kappa shape index (κ3) is 4.96. The molecule has 1 fully saturated rings. The van der Waals surface area contributed by atoms with E-state index in [0.717, 1.165) is 4.90 Å². The number of fused-ring (bicyclic) bond motifs is 1. The van der Waals surface area contributed by atoms with Crippen molar-refractivity contribution in [3.05, 3.63) is 30.4 Å². The van der Waals surface area contributed by atoms with E-state index < -0.39 is 15.9 Å². The second kappa shape index (κ2) is 9.19. The van der Waals surface area contributed by atoms with Gasteiger partial charge in [0.2, 0.25) is 27.7 Å². The van der Waals surface area contributed by atoms with Gasteiger partial charge in [0, 0.05) is 19.0 Å². The molecule has 1 aromatic carbocycles. The molecule has 3 rings (SSSR count). The van der Waals surface area contributed by atoms with Crippen LogP contribution in [0.25, 0.3) is 0 Å². The average molecular weight is 450 g/mol. The zero-order valence-electron chi connectivity index (χ0n) is 17.8. The third-order valence-corrected chi connectivity index (χ3v) is 6.96. The van der Waals surface area contributed by atoms with Crippen LogP contribution in [-0.2, 0) is 24.4 Å². The summed E-state index contributed by atoms with van der Waals surface area (Å²) in [6, 6.07) is 3.86. The number of ether oxygens (including phenoxy) is 1. The van der Waals surface area contributed by atoms with E-state index >= 15 is 0 Å². The van der Waals surface area contributed by atoms with Gasteiger partial charge in [0.05, 0.1) is 29.5 Å². The van der Waals surface area contributed by atoms with Gasteiger partial charge < -0.3 is 10.1 Å². The molecule has 1 heterocycles. The Morgan fingerprint density at radius 2 is 1.77 bits per heavy atom. The number of sulfonamides is 1. The first kappa shape index (κ1) is 23.0. The van der Waals surface area contributed by atoms with E-state index in [1.54, 1.807) is 13.8 Å². The highest BCUT2D eigenvalue weighted by atomic mass is 32.2. The van der Waals surface area contributed by atoms with Gasteiger partial charge in [-0.2, -0.15) is 0 Å². The number of carbonyl (C=O) groups excluding carboxylic acids is 3. The predicted octanol–water partition coefficient (Wildman–Crippen LogP) is 1.66. The van der Waals surface area contributed by atoms with Crippen LogP contribution in [0, 0.1) is 11.8 Å². The maximum atomic E-state index is 12.5. The summed E-state index contributed by atoms with van der Waals surface area (Å²) in [4.78, 5) is 38.7. The van der Waals surface area contributed by atoms with Crippen LogP contribution in [0.1, 0.15) is 33.1 Å². The van der Waals surface area contributed by atoms with Crippen LogP contribution in [-0.4, -0.2) is 50.7 Å². The molecule has 2 aliphatic rings. The van der Waals surface area contributed by atoms with Gasteiger partial charge in [-0.05, 0) is 44.9 Å². The molecule has 168 valence electrons. The molecule has 0 bridgehead atoms. The SMILES string of the molecule is COc1ccc(S(=O)(=O)NC(C)C)cc1NC(=O)CCN1C(=O)[C@H]2CC=CC[C@H]2C1=O. The van der Waals surface area contributed by atoms with E-state index in [1.807, 2.05) is 12.2 Å². The molecule has 0 radical (unpaired) electrons. The minimum Gasteiger partial charge on any atom is -0.495 e. The highest BCUT2D eigenvalue weighted by molar-refractivity contribution is 7.89. The van der Waals surface area contributed by atoms with Crippen LogP contribution in [0.5, 0.6) is 5.75 Å². The summed E-state index contributed by atoms with van der Waals surface area (Å²) < 4.78 is 32.5. The third-order valence-electron chi connectivity index (χ3n) is 5.31. The minimum atomic E-state index is -3.76. The van der Waals surface area contributed by atoms with Gasteiger partial charge in [-0.25, -0.2) is 13.1 Å². The topological polar surface area (TPSA) is 122 Å². The number of benzene rings is 1. The maximum absolute atomic E-state index is 12.5. The summed E-state index contributed by atoms with van der Waals surface area (Å²) in [6.45, 7) is 3.39. The lowest BCUT2D eigenvalue weighted by atomic mass is 9.85. The molecule has 1 saturated heterocycles. The lowest BCUT2D eigenvalue weighted by Crippen LogP contribution is -2.34. The highest BCUT2D eigenvalue weighted by Crippen LogP contribution is 2.35. The number of carbonyl (C=O) groups is 3. The summed E-state index contributed by atoms with van der Waals surface area (Å²) in [5, 5.41) is 2.63. The van der Waals surface area contributed by atoms with Gasteiger partial charge in [0.15, 0.2) is 0 Å². The number of hydrogen-bond acceptors (Lipinski definition) is 6. The molecule has 1 aliphatic carbocycles. The zero-order chi connectivity index (χ0) is 22.8. The summed E-state index contributed by atoms with van der Waals surface area (Å²) in [6.07, 6.45) is 4.80. The normalized spacial score (nSPS) is 20.8. The molecule has 3 amide bonds. The van der Waals surface area contributed by atoms with Crippen molar-refractivity contribution in [3.8, 4) is 5.75 Å². The molecular formula is C21H27N3O6S. The van der Waals surface area contributed by atoms with Gasteiger partial charge in [-0.3, -0.25) is 19.3 Å². The number of likely N-dealkylation sites (tertiary alicyclic amines) is 1. The van der Waals surface area contributed by atoms with Crippen LogP contribution in [0.4, 0.5) is 5.69 Å². The first-order valence-electron chi connectivity index (χ1n) is 10.1. The predicted molar refractivity (Wildman–Crippen MR) is 114 cm³/mol. The Balaban J connectivity index is 1.68. The summed E-state index contributed by atoms with van der Waals surface area (Å²) >= 11 is 0. The van der Waals surface area contributed by atoms with Crippen LogP contribution in [0.2, 0.25) is 0 Å². The molecule has 0 unspecified atom stereocenters. The Morgan fingerprint density at radius 3 is 2.32 bits per heavy atom. The Morgan fingerprint density at radius 1 is 1.16 bits per heavy atom. The number of imide groups is 1. The second-order valence-corrected chi connectivity index (χ2v) is 9.63. The van der Waals surface area contributed by atoms with Gasteiger partial charge >= 0.3 is 0 Å². The van der Waals surface area contributed by atoms with Crippen molar-refractivity contribution in [1.82, 2.24) is 9.62 Å². The number of amides is 3. The first-order valence-corrected chi connectivity index (χ1v) is 11.6. The van der Waals surface area contributed by atoms with E-state index in [1.165, 1.54) is 25.3 Å². The Kier molecular flexibility index (Phi) is 6.80. The van der Waals surface area contributed by atoms with Gasteiger partial charge in [0.25, 0.3) is 0 Å². The van der Waals surface area contributed by atoms with Crippen molar-refractivity contribution in [3.63, 3.8) is 0 Å². The maximum Gasteiger partial charge on any atom is 0.240 e. The number of methoxy groups -OCH3 is 1. The number of nitrogens with one attached hydrogen (secondary N) is 2. The van der Waals surface area contributed by atoms with Gasteiger partial charge in [-0.15, -0.1) is 0 Å². The molecule has 10 heteroatoms. The Bertz CT molecular complexity index is 992. The highest BCUT2D eigenvalue weighted by Gasteiger charge is 2.46. The Hall–Kier alpha value is -2.72. The van der Waals surface area contributed by atoms with E-state index in [2.05, 4.69) is 10.0 Å². The van der Waals surface area contributed by atoms with Crippen molar-refractivity contribution in [2.24, 2.45) is 11.8 Å². The fourth-order valence-corrected chi connectivity index (χ4v) is 5.12. The first-order chi connectivity index (χ1) is 14.6. The number of hydrogen-bond donors (Lipinski definition) is 2. The number of rotatable bonds is 8. The molecule has 0 saturated carbocycles.